The van der Waals surface area contributed by atoms with Crippen molar-refractivity contribution < 1.29 is 13.5 Å². The lowest BCUT2D eigenvalue weighted by Gasteiger charge is -2.17. The Morgan fingerprint density at radius 2 is 1.76 bits per heavy atom. The molecule has 2 N–H and O–H groups in total. The summed E-state index contributed by atoms with van der Waals surface area (Å²) in [5.74, 6) is -0.0661. The number of aryl methyl sites for hydroxylation is 1. The quantitative estimate of drug-likeness (QED) is 0.832. The molecule has 0 bridgehead atoms. The highest BCUT2D eigenvalue weighted by Gasteiger charge is 2.18. The molecule has 0 aliphatic heterocycles. The maximum absolute atomic E-state index is 11.7. The summed E-state index contributed by atoms with van der Waals surface area (Å²) in [6.07, 6.45) is 0. The van der Waals surface area contributed by atoms with Crippen LogP contribution in [0.3, 0.4) is 0 Å². The number of hydrogen-bond acceptors (Lipinski definition) is 3. The summed E-state index contributed by atoms with van der Waals surface area (Å²) in [7, 11) is -3.39. The Hall–Kier alpha value is -0.910. The van der Waals surface area contributed by atoms with E-state index in [1.807, 2.05) is 19.1 Å². The number of aliphatic hydroxyl groups is 1. The normalized spacial score (nSPS) is 12.7. The minimum Gasteiger partial charge on any atom is -0.389 e. The van der Waals surface area contributed by atoms with E-state index in [1.165, 1.54) is 0 Å². The van der Waals surface area contributed by atoms with Crippen LogP contribution in [0.2, 0.25) is 0 Å². The molecule has 17 heavy (non-hydrogen) atoms. The molecule has 0 unspecified atom stereocenters. The first-order valence-electron chi connectivity index (χ1n) is 5.43. The number of nitrogens with one attached hydrogen (secondary N) is 1. The van der Waals surface area contributed by atoms with Gasteiger partial charge in [0, 0.05) is 6.54 Å². The number of hydrogen-bond donors (Lipinski definition) is 2. The van der Waals surface area contributed by atoms with Crippen LogP contribution in [0.4, 0.5) is 0 Å². The van der Waals surface area contributed by atoms with Crippen LogP contribution in [0.5, 0.6) is 0 Å². The van der Waals surface area contributed by atoms with Gasteiger partial charge in [-0.15, -0.1) is 0 Å². The van der Waals surface area contributed by atoms with Gasteiger partial charge < -0.3 is 5.11 Å². The third kappa shape index (κ3) is 5.81. The van der Waals surface area contributed by atoms with E-state index in [2.05, 4.69) is 4.72 Å². The van der Waals surface area contributed by atoms with E-state index in [9.17, 15) is 13.5 Å². The smallest absolute Gasteiger partial charge is 0.215 e. The minimum atomic E-state index is -3.39. The molecule has 0 heterocycles. The van der Waals surface area contributed by atoms with Crippen molar-refractivity contribution in [3.8, 4) is 0 Å². The van der Waals surface area contributed by atoms with Gasteiger partial charge in [-0.05, 0) is 26.3 Å². The highest BCUT2D eigenvalue weighted by Crippen LogP contribution is 2.07. The molecular formula is C12H19NO3S. The van der Waals surface area contributed by atoms with Crippen LogP contribution >= 0.6 is 0 Å². The zero-order valence-corrected chi connectivity index (χ0v) is 11.2. The molecule has 0 saturated carbocycles. The highest BCUT2D eigenvalue weighted by molar-refractivity contribution is 7.88. The van der Waals surface area contributed by atoms with E-state index in [4.69, 9.17) is 0 Å². The molecule has 5 heteroatoms. The van der Waals surface area contributed by atoms with Gasteiger partial charge in [0.15, 0.2) is 0 Å². The van der Waals surface area contributed by atoms with Crippen molar-refractivity contribution >= 4 is 10.0 Å². The van der Waals surface area contributed by atoms with Crippen LogP contribution < -0.4 is 4.72 Å². The summed E-state index contributed by atoms with van der Waals surface area (Å²) in [4.78, 5) is 0. The van der Waals surface area contributed by atoms with Gasteiger partial charge in [0.05, 0.1) is 11.4 Å². The van der Waals surface area contributed by atoms with Crippen LogP contribution in [0.25, 0.3) is 0 Å². The van der Waals surface area contributed by atoms with Crippen molar-refractivity contribution in [2.24, 2.45) is 0 Å². The Morgan fingerprint density at radius 3 is 2.24 bits per heavy atom. The molecule has 0 saturated heterocycles. The van der Waals surface area contributed by atoms with E-state index >= 15 is 0 Å². The fourth-order valence-electron chi connectivity index (χ4n) is 1.24. The standard InChI is InChI=1S/C12H19NO3S/c1-10-4-6-11(7-5-10)8-17(15,16)13-9-12(2,3)14/h4-7,13-14H,8-9H2,1-3H3. The number of rotatable bonds is 5. The monoisotopic (exact) mass is 257 g/mol. The maximum atomic E-state index is 11.7. The van der Waals surface area contributed by atoms with Gasteiger partial charge in [-0.3, -0.25) is 0 Å². The van der Waals surface area contributed by atoms with Crippen molar-refractivity contribution in [2.45, 2.75) is 32.1 Å². The second-order valence-corrected chi connectivity index (χ2v) is 6.69. The predicted molar refractivity (Wildman–Crippen MR) is 68.1 cm³/mol. The SMILES string of the molecule is Cc1ccc(CS(=O)(=O)NCC(C)(C)O)cc1. The largest absolute Gasteiger partial charge is 0.389 e. The van der Waals surface area contributed by atoms with E-state index in [1.54, 1.807) is 26.0 Å². The van der Waals surface area contributed by atoms with Crippen LogP contribution in [0, 0.1) is 6.92 Å². The lowest BCUT2D eigenvalue weighted by Crippen LogP contribution is -2.38. The average molecular weight is 257 g/mol. The fraction of sp³-hybridized carbons (Fsp3) is 0.500. The molecule has 0 amide bonds. The van der Waals surface area contributed by atoms with E-state index in [0.717, 1.165) is 11.1 Å². The second-order valence-electron chi connectivity index (χ2n) is 4.88. The summed E-state index contributed by atoms with van der Waals surface area (Å²) in [6, 6.07) is 7.33. The van der Waals surface area contributed by atoms with Gasteiger partial charge in [-0.2, -0.15) is 0 Å². The maximum Gasteiger partial charge on any atom is 0.215 e. The first-order chi connectivity index (χ1) is 7.68. The molecule has 0 spiro atoms. The lowest BCUT2D eigenvalue weighted by atomic mass is 10.1. The Morgan fingerprint density at radius 1 is 1.24 bits per heavy atom. The Kier molecular flexibility index (Phi) is 4.30. The van der Waals surface area contributed by atoms with Gasteiger partial charge in [-0.25, -0.2) is 13.1 Å². The molecule has 0 fully saturated rings. The van der Waals surface area contributed by atoms with Crippen LogP contribution in [0.15, 0.2) is 24.3 Å². The van der Waals surface area contributed by atoms with Crippen molar-refractivity contribution in [3.05, 3.63) is 35.4 Å². The highest BCUT2D eigenvalue weighted by atomic mass is 32.2. The van der Waals surface area contributed by atoms with Gasteiger partial charge in [0.25, 0.3) is 0 Å². The molecule has 1 aromatic carbocycles. The summed E-state index contributed by atoms with van der Waals surface area (Å²) in [6.45, 7) is 5.08. The fourth-order valence-corrected chi connectivity index (χ4v) is 2.55. The first kappa shape index (κ1) is 14.2. The number of sulfonamides is 1. The molecule has 1 rings (SSSR count). The zero-order chi connectivity index (χ0) is 13.1. The van der Waals surface area contributed by atoms with Gasteiger partial charge in [-0.1, -0.05) is 29.8 Å². The zero-order valence-electron chi connectivity index (χ0n) is 10.4. The Labute approximate surface area is 103 Å². The summed E-state index contributed by atoms with van der Waals surface area (Å²) in [5.41, 5.74) is 0.787. The molecule has 0 aliphatic rings. The van der Waals surface area contributed by atoms with Gasteiger partial charge in [0.2, 0.25) is 10.0 Å². The molecular weight excluding hydrogens is 238 g/mol. The third-order valence-corrected chi connectivity index (χ3v) is 3.50. The van der Waals surface area contributed by atoms with Crippen LogP contribution in [0.1, 0.15) is 25.0 Å². The van der Waals surface area contributed by atoms with Crippen LogP contribution in [-0.2, 0) is 15.8 Å². The molecule has 96 valence electrons. The van der Waals surface area contributed by atoms with Crippen LogP contribution in [-0.4, -0.2) is 25.7 Å². The minimum absolute atomic E-state index is 0.0151. The molecule has 0 atom stereocenters. The Balaban J connectivity index is 2.64. The summed E-state index contributed by atoms with van der Waals surface area (Å²) < 4.78 is 25.8. The average Bonchev–Trinajstić information content (AvgIpc) is 2.18. The van der Waals surface area contributed by atoms with Crippen molar-refractivity contribution in [2.75, 3.05) is 6.54 Å². The van der Waals surface area contributed by atoms with E-state index < -0.39 is 15.6 Å². The lowest BCUT2D eigenvalue weighted by molar-refractivity contribution is 0.0857. The second kappa shape index (κ2) is 5.16. The first-order valence-corrected chi connectivity index (χ1v) is 7.08. The van der Waals surface area contributed by atoms with Crippen molar-refractivity contribution in [1.29, 1.82) is 0 Å². The summed E-state index contributed by atoms with van der Waals surface area (Å²) >= 11 is 0. The molecule has 0 aromatic heterocycles. The predicted octanol–water partition coefficient (Wildman–Crippen LogP) is 1.19. The van der Waals surface area contributed by atoms with Gasteiger partial charge >= 0.3 is 0 Å². The topological polar surface area (TPSA) is 66.4 Å². The summed E-state index contributed by atoms with van der Waals surface area (Å²) in [5, 5.41) is 9.46. The molecule has 0 aliphatic carbocycles. The van der Waals surface area contributed by atoms with E-state index in [-0.39, 0.29) is 12.3 Å². The van der Waals surface area contributed by atoms with Crippen molar-refractivity contribution in [1.82, 2.24) is 4.72 Å². The molecule has 4 nitrogen and oxygen atoms in total. The number of benzene rings is 1. The third-order valence-electron chi connectivity index (χ3n) is 2.20. The molecule has 1 aromatic rings. The molecule has 0 radical (unpaired) electrons. The van der Waals surface area contributed by atoms with Crippen molar-refractivity contribution in [3.63, 3.8) is 0 Å². The van der Waals surface area contributed by atoms with Gasteiger partial charge in [0.1, 0.15) is 0 Å². The van der Waals surface area contributed by atoms with E-state index in [0.29, 0.717) is 0 Å². The Bertz CT molecular complexity index is 458.